The molecule has 0 spiro atoms. The number of aromatic nitrogens is 2. The number of nitrogens with zero attached hydrogens (tertiary/aromatic N) is 5. The molecule has 42 heavy (non-hydrogen) atoms. The monoisotopic (exact) mass is 570 g/mol. The number of primary amides is 1. The van der Waals surface area contributed by atoms with Gasteiger partial charge >= 0.3 is 0 Å². The van der Waals surface area contributed by atoms with Gasteiger partial charge in [0.15, 0.2) is 17.3 Å². The Labute approximate surface area is 248 Å². The number of nitrogens with one attached hydrogen (secondary N) is 2. The molecule has 1 aliphatic carbocycles. The summed E-state index contributed by atoms with van der Waals surface area (Å²) in [6, 6.07) is 19.0. The summed E-state index contributed by atoms with van der Waals surface area (Å²) in [5, 5.41) is 6.84. The van der Waals surface area contributed by atoms with Gasteiger partial charge in [-0.1, -0.05) is 30.3 Å². The van der Waals surface area contributed by atoms with Crippen LogP contribution < -0.4 is 21.3 Å². The lowest BCUT2D eigenvalue weighted by atomic mass is 9.89. The van der Waals surface area contributed by atoms with Crippen molar-refractivity contribution in [2.45, 2.75) is 43.9 Å². The van der Waals surface area contributed by atoms with Gasteiger partial charge in [-0.2, -0.15) is 0 Å². The van der Waals surface area contributed by atoms with Crippen LogP contribution in [-0.2, 0) is 4.74 Å². The zero-order valence-electron chi connectivity index (χ0n) is 24.6. The number of likely N-dealkylation sites (N-methyl/N-ethyl adjacent to an activating group) is 1. The summed E-state index contributed by atoms with van der Waals surface area (Å²) in [6.07, 6.45) is 4.41. The maximum absolute atomic E-state index is 12.5. The minimum absolute atomic E-state index is 0.109. The summed E-state index contributed by atoms with van der Waals surface area (Å²) >= 11 is 0. The second-order valence-electron chi connectivity index (χ2n) is 11.7. The lowest BCUT2D eigenvalue weighted by molar-refractivity contribution is 0.0328. The molecule has 2 saturated heterocycles. The van der Waals surface area contributed by atoms with Crippen molar-refractivity contribution < 1.29 is 9.53 Å². The predicted octanol–water partition coefficient (Wildman–Crippen LogP) is 3.79. The van der Waals surface area contributed by atoms with Gasteiger partial charge in [0.1, 0.15) is 5.69 Å². The fraction of sp³-hybridized carbons (Fsp3) is 0.469. The normalized spacial score (nSPS) is 22.0. The van der Waals surface area contributed by atoms with Crippen LogP contribution in [0.1, 0.15) is 36.2 Å². The largest absolute Gasteiger partial charge is 0.381 e. The fourth-order valence-electron chi connectivity index (χ4n) is 6.23. The molecule has 222 valence electrons. The molecule has 3 aromatic rings. The van der Waals surface area contributed by atoms with Crippen molar-refractivity contribution in [2.24, 2.45) is 5.73 Å². The van der Waals surface area contributed by atoms with Gasteiger partial charge in [0.05, 0.1) is 6.10 Å². The number of carbonyl (C=O) groups excluding carboxylic acids is 1. The molecular weight excluding hydrogens is 528 g/mol. The molecule has 3 heterocycles. The number of amides is 1. The quantitative estimate of drug-likeness (QED) is 0.354. The van der Waals surface area contributed by atoms with E-state index in [1.807, 2.05) is 42.5 Å². The Bertz CT molecular complexity index is 1350. The molecule has 0 bridgehead atoms. The lowest BCUT2D eigenvalue weighted by Gasteiger charge is -2.42. The maximum atomic E-state index is 12.5. The number of carbonyl (C=O) groups is 1. The third-order valence-corrected chi connectivity index (χ3v) is 8.96. The van der Waals surface area contributed by atoms with E-state index in [2.05, 4.69) is 44.5 Å². The van der Waals surface area contributed by atoms with Crippen molar-refractivity contribution in [3.05, 3.63) is 60.3 Å². The molecule has 1 amide bonds. The van der Waals surface area contributed by atoms with Crippen LogP contribution in [0, 0.1) is 0 Å². The molecule has 0 radical (unpaired) electrons. The molecule has 1 aromatic heterocycles. The number of piperidine rings is 1. The fourth-order valence-corrected chi connectivity index (χ4v) is 6.23. The predicted molar refractivity (Wildman–Crippen MR) is 167 cm³/mol. The molecular formula is C32H42N8O2. The summed E-state index contributed by atoms with van der Waals surface area (Å²) in [7, 11) is 3.95. The van der Waals surface area contributed by atoms with Gasteiger partial charge in [-0.3, -0.25) is 9.69 Å². The van der Waals surface area contributed by atoms with Crippen molar-refractivity contribution in [2.75, 3.05) is 69.0 Å². The van der Waals surface area contributed by atoms with Crippen molar-refractivity contribution in [3.8, 4) is 11.3 Å². The summed E-state index contributed by atoms with van der Waals surface area (Å²) in [5.41, 5.74) is 9.41. The van der Waals surface area contributed by atoms with E-state index >= 15 is 0 Å². The highest BCUT2D eigenvalue weighted by Gasteiger charge is 2.31. The first kappa shape index (κ1) is 28.4. The number of hydrogen-bond acceptors (Lipinski definition) is 9. The molecule has 6 rings (SSSR count). The second-order valence-corrected chi connectivity index (χ2v) is 11.7. The molecule has 2 aromatic carbocycles. The molecule has 10 heteroatoms. The van der Waals surface area contributed by atoms with Crippen LogP contribution in [0.15, 0.2) is 54.6 Å². The molecule has 10 nitrogen and oxygen atoms in total. The number of piperazine rings is 1. The Balaban J connectivity index is 1.17. The van der Waals surface area contributed by atoms with Gasteiger partial charge in [0.25, 0.3) is 5.91 Å². The SMILES string of the molecule is COC1CC(Nc2nc(Nc3ccc(N4CCC(N5CCN(C)CC5)CC4)cc3)c(C(N)=O)nc2-c2ccccc2)C1. The van der Waals surface area contributed by atoms with Crippen molar-refractivity contribution >= 4 is 28.9 Å². The van der Waals surface area contributed by atoms with E-state index in [4.69, 9.17) is 20.4 Å². The Kier molecular flexibility index (Phi) is 8.55. The van der Waals surface area contributed by atoms with E-state index in [1.165, 1.54) is 31.6 Å². The zero-order chi connectivity index (χ0) is 29.1. The van der Waals surface area contributed by atoms with Gasteiger partial charge in [0.2, 0.25) is 0 Å². The van der Waals surface area contributed by atoms with Crippen LogP contribution in [0.25, 0.3) is 11.3 Å². The highest BCUT2D eigenvalue weighted by atomic mass is 16.5. The number of methoxy groups -OCH3 is 1. The highest BCUT2D eigenvalue weighted by molar-refractivity contribution is 5.97. The van der Waals surface area contributed by atoms with Gasteiger partial charge in [0, 0.05) is 75.4 Å². The number of anilines is 4. The third-order valence-electron chi connectivity index (χ3n) is 8.96. The zero-order valence-corrected chi connectivity index (χ0v) is 24.6. The van der Waals surface area contributed by atoms with Gasteiger partial charge in [-0.05, 0) is 57.0 Å². The summed E-state index contributed by atoms with van der Waals surface area (Å²) in [5.74, 6) is 0.331. The van der Waals surface area contributed by atoms with E-state index in [0.717, 1.165) is 50.3 Å². The van der Waals surface area contributed by atoms with Crippen LogP contribution in [0.4, 0.5) is 23.0 Å². The first-order valence-electron chi connectivity index (χ1n) is 15.1. The number of ether oxygens (including phenoxy) is 1. The van der Waals surface area contributed by atoms with Crippen LogP contribution in [0.2, 0.25) is 0 Å². The average Bonchev–Trinajstić information content (AvgIpc) is 3.00. The average molecular weight is 571 g/mol. The number of hydrogen-bond donors (Lipinski definition) is 3. The van der Waals surface area contributed by atoms with E-state index < -0.39 is 5.91 Å². The first-order valence-corrected chi connectivity index (χ1v) is 15.1. The molecule has 2 aliphatic heterocycles. The molecule has 3 fully saturated rings. The van der Waals surface area contributed by atoms with Crippen molar-refractivity contribution in [3.63, 3.8) is 0 Å². The van der Waals surface area contributed by atoms with Gasteiger partial charge < -0.3 is 30.9 Å². The van der Waals surface area contributed by atoms with E-state index in [1.54, 1.807) is 7.11 Å². The molecule has 0 unspecified atom stereocenters. The topological polar surface area (TPSA) is 112 Å². The molecule has 4 N–H and O–H groups in total. The molecule has 1 saturated carbocycles. The van der Waals surface area contributed by atoms with E-state index in [9.17, 15) is 4.79 Å². The standard InChI is InChI=1S/C32H42N8O2/c1-38-16-18-40(19-17-38)26-12-14-39(15-13-26)25-10-8-23(9-11-25)34-32-29(30(33)41)36-28(22-6-4-3-5-7-22)31(37-32)35-24-20-27(21-24)42-2/h3-11,24,26-27H,12-21H2,1-2H3,(H2,33,41)(H2,34,35,37). The van der Waals surface area contributed by atoms with E-state index in [-0.39, 0.29) is 17.8 Å². The Morgan fingerprint density at radius 2 is 1.60 bits per heavy atom. The van der Waals surface area contributed by atoms with Crippen LogP contribution in [0.5, 0.6) is 0 Å². The summed E-state index contributed by atoms with van der Waals surface area (Å²) < 4.78 is 5.46. The Morgan fingerprint density at radius 3 is 2.24 bits per heavy atom. The summed E-state index contributed by atoms with van der Waals surface area (Å²) in [6.45, 7) is 6.80. The van der Waals surface area contributed by atoms with Crippen LogP contribution in [-0.4, -0.2) is 97.3 Å². The summed E-state index contributed by atoms with van der Waals surface area (Å²) in [4.78, 5) is 29.7. The van der Waals surface area contributed by atoms with Crippen LogP contribution in [0.3, 0.4) is 0 Å². The molecule has 3 aliphatic rings. The highest BCUT2D eigenvalue weighted by Crippen LogP contribution is 2.33. The maximum Gasteiger partial charge on any atom is 0.271 e. The first-order chi connectivity index (χ1) is 20.5. The van der Waals surface area contributed by atoms with Crippen LogP contribution >= 0.6 is 0 Å². The van der Waals surface area contributed by atoms with Crippen molar-refractivity contribution in [1.29, 1.82) is 0 Å². The number of rotatable bonds is 9. The number of nitrogens with two attached hydrogens (primary N) is 1. The number of benzene rings is 2. The Hall–Kier alpha value is -3.73. The third kappa shape index (κ3) is 6.35. The molecule has 0 atom stereocenters. The van der Waals surface area contributed by atoms with E-state index in [0.29, 0.717) is 23.4 Å². The smallest absolute Gasteiger partial charge is 0.271 e. The minimum Gasteiger partial charge on any atom is -0.381 e. The van der Waals surface area contributed by atoms with Gasteiger partial charge in [-0.25, -0.2) is 9.97 Å². The minimum atomic E-state index is -0.628. The Morgan fingerprint density at radius 1 is 0.905 bits per heavy atom. The van der Waals surface area contributed by atoms with Gasteiger partial charge in [-0.15, -0.1) is 0 Å². The van der Waals surface area contributed by atoms with Crippen molar-refractivity contribution in [1.82, 2.24) is 19.8 Å². The second kappa shape index (κ2) is 12.6. The lowest BCUT2D eigenvalue weighted by Crippen LogP contribution is -2.52.